The van der Waals surface area contributed by atoms with Gasteiger partial charge in [0.15, 0.2) is 0 Å². The third kappa shape index (κ3) is 1.99. The number of nitrogens with zero attached hydrogens (tertiary/aromatic N) is 1. The number of halogens is 4. The summed E-state index contributed by atoms with van der Waals surface area (Å²) in [5.74, 6) is 0. The first-order chi connectivity index (χ1) is 5.41. The van der Waals surface area contributed by atoms with E-state index in [0.29, 0.717) is 3.57 Å². The van der Waals surface area contributed by atoms with Gasteiger partial charge in [0.05, 0.1) is 3.57 Å². The number of nitrogen functional groups attached to an aromatic ring is 1. The largest absolute Gasteiger partial charge is 0.433 e. The Kier molecular flexibility index (Phi) is 2.45. The van der Waals surface area contributed by atoms with Crippen molar-refractivity contribution < 1.29 is 13.2 Å². The fourth-order valence-corrected chi connectivity index (χ4v) is 0.904. The number of hydrogen-bond acceptors (Lipinski definition) is 2. The van der Waals surface area contributed by atoms with Gasteiger partial charge in [0.2, 0.25) is 0 Å². The molecule has 6 heteroatoms. The van der Waals surface area contributed by atoms with E-state index in [2.05, 4.69) is 4.98 Å². The van der Waals surface area contributed by atoms with Crippen LogP contribution in [-0.2, 0) is 6.18 Å². The van der Waals surface area contributed by atoms with E-state index < -0.39 is 11.9 Å². The van der Waals surface area contributed by atoms with Crippen LogP contribution in [0.3, 0.4) is 0 Å². The third-order valence-electron chi connectivity index (χ3n) is 1.18. The molecular formula is C6H4F3IN2. The number of aromatic nitrogens is 1. The first-order valence-electron chi connectivity index (χ1n) is 2.89. The molecule has 0 saturated heterocycles. The Morgan fingerprint density at radius 3 is 2.42 bits per heavy atom. The van der Waals surface area contributed by atoms with Gasteiger partial charge in [-0.15, -0.1) is 0 Å². The van der Waals surface area contributed by atoms with E-state index >= 15 is 0 Å². The minimum absolute atomic E-state index is 0.0953. The lowest BCUT2D eigenvalue weighted by Gasteiger charge is -2.06. The molecule has 0 saturated carbocycles. The molecule has 0 unspecified atom stereocenters. The molecule has 1 heterocycles. The van der Waals surface area contributed by atoms with Crippen LogP contribution in [0.2, 0.25) is 0 Å². The van der Waals surface area contributed by atoms with Gasteiger partial charge < -0.3 is 5.73 Å². The number of pyridine rings is 1. The summed E-state index contributed by atoms with van der Waals surface area (Å²) in [6.45, 7) is 0. The minimum atomic E-state index is -4.42. The second-order valence-corrected chi connectivity index (χ2v) is 3.25. The van der Waals surface area contributed by atoms with Gasteiger partial charge in [-0.1, -0.05) is 0 Å². The Bertz CT molecular complexity index is 297. The zero-order valence-corrected chi connectivity index (χ0v) is 7.85. The van der Waals surface area contributed by atoms with Crippen molar-refractivity contribution in [3.63, 3.8) is 0 Å². The van der Waals surface area contributed by atoms with Gasteiger partial charge >= 0.3 is 6.18 Å². The highest BCUT2D eigenvalue weighted by Gasteiger charge is 2.32. The van der Waals surface area contributed by atoms with Gasteiger partial charge in [0.25, 0.3) is 0 Å². The lowest BCUT2D eigenvalue weighted by atomic mass is 10.3. The predicted octanol–water partition coefficient (Wildman–Crippen LogP) is 2.29. The van der Waals surface area contributed by atoms with Crippen LogP contribution in [0.1, 0.15) is 5.69 Å². The summed E-state index contributed by atoms with van der Waals surface area (Å²) in [7, 11) is 0. The van der Waals surface area contributed by atoms with Crippen molar-refractivity contribution in [2.24, 2.45) is 0 Å². The van der Waals surface area contributed by atoms with Crippen LogP contribution in [0.15, 0.2) is 12.3 Å². The van der Waals surface area contributed by atoms with Crippen LogP contribution in [0.25, 0.3) is 0 Å². The maximum atomic E-state index is 12.0. The van der Waals surface area contributed by atoms with Crippen LogP contribution >= 0.6 is 22.6 Å². The first-order valence-corrected chi connectivity index (χ1v) is 3.97. The average Bonchev–Trinajstić information content (AvgIpc) is 1.92. The van der Waals surface area contributed by atoms with Gasteiger partial charge in [-0.2, -0.15) is 13.2 Å². The Balaban J connectivity index is 3.14. The smallest absolute Gasteiger partial charge is 0.398 e. The Morgan fingerprint density at radius 2 is 2.00 bits per heavy atom. The van der Waals surface area contributed by atoms with Gasteiger partial charge in [-0.25, -0.2) is 0 Å². The summed E-state index contributed by atoms with van der Waals surface area (Å²) >= 11 is 1.81. The normalized spacial score (nSPS) is 11.7. The molecule has 0 atom stereocenters. The quantitative estimate of drug-likeness (QED) is 0.744. The van der Waals surface area contributed by atoms with Crippen LogP contribution in [-0.4, -0.2) is 4.98 Å². The van der Waals surface area contributed by atoms with Crippen LogP contribution in [0, 0.1) is 3.57 Å². The maximum absolute atomic E-state index is 12.0. The molecule has 0 aliphatic carbocycles. The predicted molar refractivity (Wildman–Crippen MR) is 46.4 cm³/mol. The summed E-state index contributed by atoms with van der Waals surface area (Å²) in [4.78, 5) is 3.20. The lowest BCUT2D eigenvalue weighted by Crippen LogP contribution is -2.08. The van der Waals surface area contributed by atoms with Gasteiger partial charge in [-0.05, 0) is 28.7 Å². The molecule has 0 spiro atoms. The summed E-state index contributed by atoms with van der Waals surface area (Å²) < 4.78 is 36.5. The fraction of sp³-hybridized carbons (Fsp3) is 0.167. The molecule has 2 N–H and O–H groups in total. The van der Waals surface area contributed by atoms with Crippen molar-refractivity contribution in [3.05, 3.63) is 21.5 Å². The molecule has 2 nitrogen and oxygen atoms in total. The molecule has 0 aliphatic rings. The van der Waals surface area contributed by atoms with Gasteiger partial charge in [-0.3, -0.25) is 4.98 Å². The highest BCUT2D eigenvalue weighted by Crippen LogP contribution is 2.29. The van der Waals surface area contributed by atoms with Crippen molar-refractivity contribution in [1.29, 1.82) is 0 Å². The van der Waals surface area contributed by atoms with Crippen molar-refractivity contribution in [1.82, 2.24) is 4.98 Å². The van der Waals surface area contributed by atoms with Crippen molar-refractivity contribution in [2.45, 2.75) is 6.18 Å². The van der Waals surface area contributed by atoms with E-state index in [1.807, 2.05) is 22.6 Å². The van der Waals surface area contributed by atoms with Crippen LogP contribution in [0.5, 0.6) is 0 Å². The number of anilines is 1. The molecule has 0 bridgehead atoms. The second-order valence-electron chi connectivity index (χ2n) is 2.09. The van der Waals surface area contributed by atoms with Crippen molar-refractivity contribution in [3.8, 4) is 0 Å². The summed E-state index contributed by atoms with van der Waals surface area (Å²) in [5.41, 5.74) is 4.41. The van der Waals surface area contributed by atoms with E-state index in [1.54, 1.807) is 0 Å². The topological polar surface area (TPSA) is 38.9 Å². The van der Waals surface area contributed by atoms with E-state index in [4.69, 9.17) is 5.73 Å². The van der Waals surface area contributed by atoms with Crippen molar-refractivity contribution in [2.75, 3.05) is 5.73 Å². The molecule has 0 radical (unpaired) electrons. The summed E-state index contributed by atoms with van der Waals surface area (Å²) in [6, 6.07) is 0.821. The maximum Gasteiger partial charge on any atom is 0.433 e. The summed E-state index contributed by atoms with van der Waals surface area (Å²) in [6.07, 6.45) is -3.32. The lowest BCUT2D eigenvalue weighted by molar-refractivity contribution is -0.141. The molecule has 1 aromatic heterocycles. The molecule has 0 aliphatic heterocycles. The van der Waals surface area contributed by atoms with Crippen molar-refractivity contribution >= 4 is 28.3 Å². The fourth-order valence-electron chi connectivity index (χ4n) is 0.609. The van der Waals surface area contributed by atoms with Gasteiger partial charge in [0, 0.05) is 11.9 Å². The zero-order valence-electron chi connectivity index (χ0n) is 5.69. The molecule has 66 valence electrons. The van der Waals surface area contributed by atoms with Gasteiger partial charge in [0.1, 0.15) is 5.69 Å². The monoisotopic (exact) mass is 288 g/mol. The SMILES string of the molecule is Nc1cc(C(F)(F)F)ncc1I. The first kappa shape index (κ1) is 9.56. The van der Waals surface area contributed by atoms with E-state index in [0.717, 1.165) is 12.3 Å². The molecule has 0 aromatic carbocycles. The zero-order chi connectivity index (χ0) is 9.35. The van der Waals surface area contributed by atoms with E-state index in [9.17, 15) is 13.2 Å². The third-order valence-corrected chi connectivity index (χ3v) is 2.08. The van der Waals surface area contributed by atoms with E-state index in [-0.39, 0.29) is 5.69 Å². The minimum Gasteiger partial charge on any atom is -0.398 e. The highest BCUT2D eigenvalue weighted by atomic mass is 127. The molecule has 0 amide bonds. The van der Waals surface area contributed by atoms with Crippen LogP contribution in [0.4, 0.5) is 18.9 Å². The number of alkyl halides is 3. The second kappa shape index (κ2) is 3.08. The average molecular weight is 288 g/mol. The Labute approximate surface area is 80.1 Å². The highest BCUT2D eigenvalue weighted by molar-refractivity contribution is 14.1. The number of nitrogens with two attached hydrogens (primary N) is 1. The number of rotatable bonds is 0. The number of hydrogen-bond donors (Lipinski definition) is 1. The Morgan fingerprint density at radius 1 is 1.42 bits per heavy atom. The standard InChI is InChI=1S/C6H4F3IN2/c7-6(8,9)5-1-4(11)3(10)2-12-5/h1-2H,(H2,11,12). The molecular weight excluding hydrogens is 284 g/mol. The Hall–Kier alpha value is -0.530. The van der Waals surface area contributed by atoms with Crippen LogP contribution < -0.4 is 5.73 Å². The summed E-state index contributed by atoms with van der Waals surface area (Å²) in [5, 5.41) is 0. The molecule has 12 heavy (non-hydrogen) atoms. The molecule has 1 rings (SSSR count). The molecule has 0 fully saturated rings. The van der Waals surface area contributed by atoms with E-state index in [1.165, 1.54) is 0 Å². The molecule has 1 aromatic rings.